The van der Waals surface area contributed by atoms with E-state index in [0.717, 1.165) is 20.8 Å². The highest BCUT2D eigenvalue weighted by molar-refractivity contribution is 5.74. The van der Waals surface area contributed by atoms with E-state index in [1.54, 1.807) is 0 Å². The molecule has 8 aliphatic rings. The largest absolute Gasteiger partial charge is 0.394 e. The van der Waals surface area contributed by atoms with Gasteiger partial charge in [0, 0.05) is 20.8 Å². The summed E-state index contributed by atoms with van der Waals surface area (Å²) in [7, 11) is 0. The smallest absolute Gasteiger partial charge is 0.217 e. The van der Waals surface area contributed by atoms with Gasteiger partial charge in [0.1, 0.15) is 183 Å². The van der Waals surface area contributed by atoms with Gasteiger partial charge in [-0.3, -0.25) is 14.4 Å². The lowest BCUT2D eigenvalue weighted by atomic mass is 9.94. The van der Waals surface area contributed by atoms with Gasteiger partial charge in [0.2, 0.25) is 17.7 Å². The van der Waals surface area contributed by atoms with Crippen molar-refractivity contribution in [2.24, 2.45) is 0 Å². The molecular weight excluding hydrogens is 1310 g/mol. The summed E-state index contributed by atoms with van der Waals surface area (Å²) in [5.74, 6) is -2.54. The van der Waals surface area contributed by atoms with Gasteiger partial charge in [0.05, 0.1) is 51.8 Å². The third-order valence-corrected chi connectivity index (χ3v) is 17.8. The Bertz CT molecular complexity index is 2470. The van der Waals surface area contributed by atoms with Crippen molar-refractivity contribution in [3.63, 3.8) is 0 Å². The maximum absolute atomic E-state index is 12.7. The highest BCUT2D eigenvalue weighted by atomic mass is 16.8. The van der Waals surface area contributed by atoms with Crippen LogP contribution in [0.2, 0.25) is 0 Å². The van der Waals surface area contributed by atoms with E-state index < -0.39 is 303 Å². The number of hydrogen-bond acceptors (Lipinski definition) is 39. The monoisotopic (exact) mass is 1410 g/mol. The van der Waals surface area contributed by atoms with E-state index in [2.05, 4.69) is 16.0 Å². The zero-order valence-corrected chi connectivity index (χ0v) is 52.1. The van der Waals surface area contributed by atoms with Gasteiger partial charge < -0.3 is 194 Å². The molecule has 0 aromatic heterocycles. The van der Waals surface area contributed by atoms with Crippen LogP contribution in [0.15, 0.2) is 0 Å². The minimum atomic E-state index is -2.27. The van der Waals surface area contributed by atoms with Gasteiger partial charge in [-0.15, -0.1) is 0 Å². The average molecular weight is 1410 g/mol. The first-order valence-electron chi connectivity index (χ1n) is 30.8. The number of aliphatic hydroxyl groups is 21. The van der Waals surface area contributed by atoms with Gasteiger partial charge in [0.25, 0.3) is 0 Å². The number of hydrogen-bond donors (Lipinski definition) is 24. The number of aliphatic hydroxyl groups excluding tert-OH is 21. The number of carbonyl (C=O) groups excluding carboxylic acids is 3. The van der Waals surface area contributed by atoms with E-state index in [1.165, 1.54) is 13.8 Å². The zero-order valence-electron chi connectivity index (χ0n) is 52.1. The van der Waals surface area contributed by atoms with Crippen molar-refractivity contribution in [1.29, 1.82) is 0 Å². The van der Waals surface area contributed by atoms with Gasteiger partial charge >= 0.3 is 0 Å². The molecule has 8 heterocycles. The van der Waals surface area contributed by atoms with Crippen LogP contribution >= 0.6 is 0 Å². The van der Waals surface area contributed by atoms with Crippen molar-refractivity contribution in [3.05, 3.63) is 0 Å². The number of carbonyl (C=O) groups is 3. The molecule has 24 N–H and O–H groups in total. The number of rotatable bonds is 23. The summed E-state index contributed by atoms with van der Waals surface area (Å²) in [4.78, 5) is 38.0. The molecular formula is C54H91N3O39. The second kappa shape index (κ2) is 33.8. The standard InChI is InChI=1S/C54H91N3O39/c1-12-26(66)33(73)38(78)50(83-12)95-45-35(75)28(68)17(6-58)86-53(45)93-42-20(9-61)89-49(24(32(42)72)56-15(4)64)91-43-21(10-62)90-52(40(80)37(43)77)92-41-19(8-60)88-48(23(31(41)71)55-14(3)63)82-11-22-30(70)44(25(47(81)85-22)57-16(5)65)94-54-46(36(76)29(69)18(7-59)87-54)96-51-39(79)34(74)27(67)13(2)84-51/h12-13,17-54,58-62,66-81H,6-11H2,1-5H3,(H,55,63)(H,56,64)(H,57,65)/t12-,13-,17+,18+,19+,20+,21+,22+,23+,24+,25+,26+,27+,28-,29-,30-,31+,32+,33+,34+,35-,36-,37+,38-,39-,40+,41+,42+,43-,44+,45+,46+,47-,48+,49+,50-,51-,52-,53-,54-/m0/s1. The molecule has 0 spiro atoms. The van der Waals surface area contributed by atoms with E-state index in [9.17, 15) is 122 Å². The minimum Gasteiger partial charge on any atom is -0.394 e. The van der Waals surface area contributed by atoms with Gasteiger partial charge in [-0.25, -0.2) is 0 Å². The third kappa shape index (κ3) is 17.0. The van der Waals surface area contributed by atoms with E-state index >= 15 is 0 Å². The van der Waals surface area contributed by atoms with Crippen LogP contribution in [0, 0.1) is 0 Å². The molecule has 0 bridgehead atoms. The van der Waals surface area contributed by atoms with E-state index in [0.29, 0.717) is 0 Å². The summed E-state index contributed by atoms with van der Waals surface area (Å²) in [5, 5.41) is 237. The lowest BCUT2D eigenvalue weighted by Crippen LogP contribution is -2.70. The van der Waals surface area contributed by atoms with Crippen LogP contribution in [0.4, 0.5) is 0 Å². The van der Waals surface area contributed by atoms with E-state index in [-0.39, 0.29) is 0 Å². The topological polar surface area (TPSA) is 651 Å². The number of nitrogens with one attached hydrogen (secondary N) is 3. The van der Waals surface area contributed by atoms with Crippen LogP contribution in [0.5, 0.6) is 0 Å². The van der Waals surface area contributed by atoms with Gasteiger partial charge in [-0.2, -0.15) is 0 Å². The first kappa shape index (κ1) is 78.7. The number of ether oxygens (including phenoxy) is 15. The van der Waals surface area contributed by atoms with Gasteiger partial charge in [0.15, 0.2) is 50.3 Å². The fourth-order valence-corrected chi connectivity index (χ4v) is 12.5. The van der Waals surface area contributed by atoms with Crippen LogP contribution in [-0.2, 0) is 85.4 Å². The van der Waals surface area contributed by atoms with Crippen LogP contribution in [-0.4, -0.2) is 410 Å². The second-order valence-electron chi connectivity index (χ2n) is 24.6. The lowest BCUT2D eigenvalue weighted by Gasteiger charge is -2.50. The van der Waals surface area contributed by atoms with Gasteiger partial charge in [-0.1, -0.05) is 0 Å². The van der Waals surface area contributed by atoms with Gasteiger partial charge in [-0.05, 0) is 13.8 Å². The SMILES string of the molecule is CC(=O)N[C@@H]1[C@@H](O[C@@H]2O[C@H](CO)[C@H](O)[C@H](O)[C@H]2O[C@@H]2O[C@@H](C)[C@@H](O)[C@@H](O)[C@@H]2O)[C@@H](O)[C@@H](CO[C@@H]2O[C@H](CO)[C@@H](O[C@@H]3O[C@H](CO)[C@H](O[C@H]4O[C@H](CO)[C@@H](O[C@@H]5O[C@H](CO)[C@H](O)[C@H](O)[C@H]5O[C@@H]5O[C@@H](C)[C@@H](O)[C@@H](O)[C@@H]5O)[C@H](O)[C@H]4NC(C)=O)[C@H](O)[C@H]3O)[C@H](O)[C@H]2NC(C)=O)O[C@@H]1O. The maximum Gasteiger partial charge on any atom is 0.217 e. The zero-order chi connectivity index (χ0) is 70.8. The predicted octanol–water partition coefficient (Wildman–Crippen LogP) is -16.0. The molecule has 0 saturated carbocycles. The van der Waals surface area contributed by atoms with Crippen LogP contribution in [0.1, 0.15) is 34.6 Å². The molecule has 8 rings (SSSR count). The molecule has 0 unspecified atom stereocenters. The van der Waals surface area contributed by atoms with Crippen LogP contribution in [0.25, 0.3) is 0 Å². The van der Waals surface area contributed by atoms with Crippen molar-refractivity contribution < 1.29 is 193 Å². The Morgan fingerprint density at radius 3 is 1.03 bits per heavy atom. The summed E-state index contributed by atoms with van der Waals surface area (Å²) >= 11 is 0. The molecule has 0 aromatic carbocycles. The Hall–Kier alpha value is -3.03. The molecule has 8 fully saturated rings. The molecule has 42 nitrogen and oxygen atoms in total. The Morgan fingerprint density at radius 1 is 0.292 bits per heavy atom. The fourth-order valence-electron chi connectivity index (χ4n) is 12.5. The first-order chi connectivity index (χ1) is 45.3. The summed E-state index contributed by atoms with van der Waals surface area (Å²) in [5.41, 5.74) is 0. The average Bonchev–Trinajstić information content (AvgIpc) is 0.782. The second-order valence-corrected chi connectivity index (χ2v) is 24.6. The van der Waals surface area contributed by atoms with Crippen LogP contribution in [0.3, 0.4) is 0 Å². The summed E-state index contributed by atoms with van der Waals surface area (Å²) in [6, 6.07) is -5.27. The first-order valence-corrected chi connectivity index (χ1v) is 30.8. The molecule has 96 heavy (non-hydrogen) atoms. The molecule has 8 aliphatic heterocycles. The molecule has 0 radical (unpaired) electrons. The van der Waals surface area contributed by atoms with Crippen molar-refractivity contribution >= 4 is 17.7 Å². The summed E-state index contributed by atoms with van der Waals surface area (Å²) in [6.07, 6.45) is -69.4. The van der Waals surface area contributed by atoms with Crippen LogP contribution < -0.4 is 16.0 Å². The predicted molar refractivity (Wildman–Crippen MR) is 296 cm³/mol. The van der Waals surface area contributed by atoms with Crippen molar-refractivity contribution in [1.82, 2.24) is 16.0 Å². The maximum atomic E-state index is 12.7. The van der Waals surface area contributed by atoms with Crippen molar-refractivity contribution in [2.75, 3.05) is 39.6 Å². The Morgan fingerprint density at radius 2 is 0.604 bits per heavy atom. The molecule has 42 heteroatoms. The molecule has 556 valence electrons. The normalized spacial score (nSPS) is 50.3. The highest BCUT2D eigenvalue weighted by Gasteiger charge is 2.59. The van der Waals surface area contributed by atoms with E-state index in [1.807, 2.05) is 0 Å². The highest BCUT2D eigenvalue weighted by Crippen LogP contribution is 2.38. The molecule has 0 aromatic rings. The lowest BCUT2D eigenvalue weighted by molar-refractivity contribution is -0.390. The Labute approximate surface area is 545 Å². The quantitative estimate of drug-likeness (QED) is 0.0452. The Kier molecular flexibility index (Phi) is 27.7. The van der Waals surface area contributed by atoms with Crippen molar-refractivity contribution in [2.45, 2.75) is 280 Å². The third-order valence-electron chi connectivity index (χ3n) is 17.8. The molecule has 40 atom stereocenters. The minimum absolute atomic E-state index is 0.822. The molecule has 3 amide bonds. The fraction of sp³-hybridized carbons (Fsp3) is 0.944. The van der Waals surface area contributed by atoms with Crippen molar-refractivity contribution in [3.8, 4) is 0 Å². The van der Waals surface area contributed by atoms with E-state index in [4.69, 9.17) is 71.1 Å². The Balaban J connectivity index is 0.953. The summed E-state index contributed by atoms with van der Waals surface area (Å²) < 4.78 is 87.3. The molecule has 8 saturated heterocycles. The summed E-state index contributed by atoms with van der Waals surface area (Å²) in [6.45, 7) is -0.390. The molecule has 0 aliphatic carbocycles. The number of amides is 3.